The molecule has 8 heteroatoms. The number of nitrogens with zero attached hydrogens (tertiary/aromatic N) is 4. The maximum Gasteiger partial charge on any atom is 0.191 e. The molecule has 1 saturated carbocycles. The minimum Gasteiger partial charge on any atom is -0.378 e. The second kappa shape index (κ2) is 9.34. The van der Waals surface area contributed by atoms with Crippen LogP contribution in [-0.2, 0) is 18.3 Å². The van der Waals surface area contributed by atoms with Crippen molar-refractivity contribution in [3.8, 4) is 0 Å². The normalized spacial score (nSPS) is 24.6. The number of halogens is 1. The number of nitrogens with one attached hydrogen (secondary N) is 2. The maximum atomic E-state index is 5.73. The number of hydrogen-bond donors (Lipinski definition) is 2. The Labute approximate surface area is 174 Å². The molecule has 2 N–H and O–H groups in total. The molecule has 0 amide bonds. The molecular formula is C18H35IN6O. The standard InChI is InChI=1S/C18H34N6O.HI/c1-8-9-10-19-16(20-12-15-23-22-13(2)24(15)6)21-14-11-18(5,25-7)17(14,3)4;/h14H,8-12H2,1-7H3,(H2,19,20,21);1H. The first-order valence-corrected chi connectivity index (χ1v) is 9.20. The Kier molecular flexibility index (Phi) is 8.32. The number of unbranched alkanes of at least 4 members (excludes halogenated alkanes) is 1. The van der Waals surface area contributed by atoms with Crippen molar-refractivity contribution in [2.75, 3.05) is 13.7 Å². The first-order valence-electron chi connectivity index (χ1n) is 9.20. The van der Waals surface area contributed by atoms with Crippen LogP contribution in [0.2, 0.25) is 0 Å². The summed E-state index contributed by atoms with van der Waals surface area (Å²) in [5.74, 6) is 2.60. The molecule has 1 aromatic rings. The van der Waals surface area contributed by atoms with Crippen LogP contribution in [0.25, 0.3) is 0 Å². The van der Waals surface area contributed by atoms with E-state index in [2.05, 4.69) is 48.5 Å². The average molecular weight is 478 g/mol. The van der Waals surface area contributed by atoms with E-state index >= 15 is 0 Å². The number of ether oxygens (including phenoxy) is 1. The molecule has 2 unspecified atom stereocenters. The molecule has 0 aromatic carbocycles. The molecule has 150 valence electrons. The van der Waals surface area contributed by atoms with Crippen molar-refractivity contribution < 1.29 is 4.74 Å². The van der Waals surface area contributed by atoms with Crippen molar-refractivity contribution in [1.29, 1.82) is 0 Å². The summed E-state index contributed by atoms with van der Waals surface area (Å²) in [7, 11) is 3.76. The Hall–Kier alpha value is -0.900. The van der Waals surface area contributed by atoms with Gasteiger partial charge in [-0.3, -0.25) is 0 Å². The fraction of sp³-hybridized carbons (Fsp3) is 0.833. The predicted octanol–water partition coefficient (Wildman–Crippen LogP) is 2.78. The van der Waals surface area contributed by atoms with E-state index in [1.807, 2.05) is 18.5 Å². The van der Waals surface area contributed by atoms with E-state index in [0.717, 1.165) is 43.4 Å². The van der Waals surface area contributed by atoms with Gasteiger partial charge in [0.2, 0.25) is 0 Å². The first kappa shape index (κ1) is 23.1. The van der Waals surface area contributed by atoms with Crippen LogP contribution >= 0.6 is 24.0 Å². The maximum absolute atomic E-state index is 5.73. The zero-order chi connectivity index (χ0) is 18.7. The fourth-order valence-corrected chi connectivity index (χ4v) is 3.16. The van der Waals surface area contributed by atoms with Gasteiger partial charge in [0.05, 0.1) is 5.60 Å². The zero-order valence-electron chi connectivity index (χ0n) is 17.2. The van der Waals surface area contributed by atoms with E-state index in [0.29, 0.717) is 12.6 Å². The fourth-order valence-electron chi connectivity index (χ4n) is 3.16. The Morgan fingerprint density at radius 3 is 2.54 bits per heavy atom. The SMILES string of the molecule is CCCCNC(=NCc1nnc(C)n1C)NC1CC(C)(OC)C1(C)C.I. The number of aliphatic imine (C=N–C) groups is 1. The van der Waals surface area contributed by atoms with E-state index in [4.69, 9.17) is 9.73 Å². The van der Waals surface area contributed by atoms with Crippen LogP contribution in [0.15, 0.2) is 4.99 Å². The van der Waals surface area contributed by atoms with E-state index in [9.17, 15) is 0 Å². The monoisotopic (exact) mass is 478 g/mol. The van der Waals surface area contributed by atoms with E-state index in [1.54, 1.807) is 7.11 Å². The van der Waals surface area contributed by atoms with Crippen LogP contribution < -0.4 is 10.6 Å². The van der Waals surface area contributed by atoms with Crippen molar-refractivity contribution >= 4 is 29.9 Å². The van der Waals surface area contributed by atoms with Gasteiger partial charge in [-0.05, 0) is 26.7 Å². The van der Waals surface area contributed by atoms with Crippen LogP contribution in [0.5, 0.6) is 0 Å². The number of methoxy groups -OCH3 is 1. The quantitative estimate of drug-likeness (QED) is 0.273. The lowest BCUT2D eigenvalue weighted by Gasteiger charge is -2.59. The minimum absolute atomic E-state index is 0. The van der Waals surface area contributed by atoms with Crippen LogP contribution in [0.3, 0.4) is 0 Å². The summed E-state index contributed by atoms with van der Waals surface area (Å²) in [5.41, 5.74) is -0.0593. The van der Waals surface area contributed by atoms with Gasteiger partial charge in [-0.25, -0.2) is 4.99 Å². The Bertz CT molecular complexity index is 615. The average Bonchev–Trinajstić information content (AvgIpc) is 2.90. The Balaban J connectivity index is 0.00000338. The lowest BCUT2D eigenvalue weighted by molar-refractivity contribution is -0.176. The predicted molar refractivity (Wildman–Crippen MR) is 116 cm³/mol. The van der Waals surface area contributed by atoms with Crippen LogP contribution in [-0.4, -0.2) is 46.0 Å². The number of rotatable bonds is 7. The summed E-state index contributed by atoms with van der Waals surface area (Å²) in [5, 5.41) is 15.3. The molecule has 0 aliphatic heterocycles. The van der Waals surface area contributed by atoms with E-state index in [1.165, 1.54) is 0 Å². The van der Waals surface area contributed by atoms with Crippen molar-refractivity contribution in [3.05, 3.63) is 11.6 Å². The molecule has 0 bridgehead atoms. The summed E-state index contributed by atoms with van der Waals surface area (Å²) in [6.45, 7) is 12.2. The molecule has 1 heterocycles. The number of aromatic nitrogens is 3. The molecule has 1 aromatic heterocycles. The molecular weight excluding hydrogens is 443 g/mol. The second-order valence-corrected chi connectivity index (χ2v) is 7.73. The third-order valence-corrected chi connectivity index (χ3v) is 5.97. The molecule has 7 nitrogen and oxygen atoms in total. The number of aryl methyl sites for hydroxylation is 1. The molecule has 1 aliphatic rings. The van der Waals surface area contributed by atoms with Crippen molar-refractivity contribution in [2.45, 2.75) is 72.1 Å². The topological polar surface area (TPSA) is 76.4 Å². The lowest BCUT2D eigenvalue weighted by Crippen LogP contribution is -2.69. The first-order chi connectivity index (χ1) is 11.7. The molecule has 0 radical (unpaired) electrons. The third-order valence-electron chi connectivity index (χ3n) is 5.97. The number of hydrogen-bond acceptors (Lipinski definition) is 4. The Morgan fingerprint density at radius 2 is 2.04 bits per heavy atom. The van der Waals surface area contributed by atoms with Crippen molar-refractivity contribution in [2.24, 2.45) is 17.5 Å². The molecule has 1 aliphatic carbocycles. The van der Waals surface area contributed by atoms with Gasteiger partial charge >= 0.3 is 0 Å². The highest BCUT2D eigenvalue weighted by Gasteiger charge is 2.58. The summed E-state index contributed by atoms with van der Waals surface area (Å²) in [4.78, 5) is 4.73. The van der Waals surface area contributed by atoms with Crippen molar-refractivity contribution in [3.63, 3.8) is 0 Å². The van der Waals surface area contributed by atoms with Crippen LogP contribution in [0.4, 0.5) is 0 Å². The molecule has 0 spiro atoms. The zero-order valence-corrected chi connectivity index (χ0v) is 19.5. The van der Waals surface area contributed by atoms with Gasteiger partial charge in [0, 0.05) is 32.2 Å². The summed E-state index contributed by atoms with van der Waals surface area (Å²) in [6.07, 6.45) is 3.24. The van der Waals surface area contributed by atoms with Crippen molar-refractivity contribution in [1.82, 2.24) is 25.4 Å². The third kappa shape index (κ3) is 4.68. The van der Waals surface area contributed by atoms with Crippen LogP contribution in [0, 0.1) is 12.3 Å². The summed E-state index contributed by atoms with van der Waals surface area (Å²) in [6, 6.07) is 0.326. The van der Waals surface area contributed by atoms with Crippen LogP contribution in [0.1, 0.15) is 58.6 Å². The molecule has 2 atom stereocenters. The van der Waals surface area contributed by atoms with Gasteiger partial charge in [0.1, 0.15) is 12.4 Å². The highest BCUT2D eigenvalue weighted by Crippen LogP contribution is 2.51. The van der Waals surface area contributed by atoms with Gasteiger partial charge in [-0.1, -0.05) is 27.2 Å². The lowest BCUT2D eigenvalue weighted by atomic mass is 9.56. The van der Waals surface area contributed by atoms with Gasteiger partial charge < -0.3 is 19.9 Å². The highest BCUT2D eigenvalue weighted by atomic mass is 127. The minimum atomic E-state index is -0.0973. The smallest absolute Gasteiger partial charge is 0.191 e. The van der Waals surface area contributed by atoms with Gasteiger partial charge in [0.25, 0.3) is 0 Å². The van der Waals surface area contributed by atoms with Gasteiger partial charge in [-0.2, -0.15) is 0 Å². The Morgan fingerprint density at radius 1 is 1.35 bits per heavy atom. The van der Waals surface area contributed by atoms with Gasteiger partial charge in [-0.15, -0.1) is 34.2 Å². The van der Waals surface area contributed by atoms with E-state index < -0.39 is 0 Å². The van der Waals surface area contributed by atoms with E-state index in [-0.39, 0.29) is 35.0 Å². The van der Waals surface area contributed by atoms with Gasteiger partial charge in [0.15, 0.2) is 11.8 Å². The summed E-state index contributed by atoms with van der Waals surface area (Å²) >= 11 is 0. The number of guanidine groups is 1. The molecule has 1 fully saturated rings. The molecule has 2 rings (SSSR count). The second-order valence-electron chi connectivity index (χ2n) is 7.73. The highest BCUT2D eigenvalue weighted by molar-refractivity contribution is 14.0. The summed E-state index contributed by atoms with van der Waals surface area (Å²) < 4.78 is 7.70. The largest absolute Gasteiger partial charge is 0.378 e. The molecule has 0 saturated heterocycles. The molecule has 26 heavy (non-hydrogen) atoms.